The quantitative estimate of drug-likeness (QED) is 0.742. The zero-order chi connectivity index (χ0) is 8.97. The second-order valence-corrected chi connectivity index (χ2v) is 4.22. The summed E-state index contributed by atoms with van der Waals surface area (Å²) in [5.41, 5.74) is 0. The third-order valence-corrected chi connectivity index (χ3v) is 3.30. The molecule has 2 unspecified atom stereocenters. The first-order valence-corrected chi connectivity index (χ1v) is 5.29. The van der Waals surface area contributed by atoms with Crippen LogP contribution >= 0.6 is 11.8 Å². The Bertz CT molecular complexity index is 163. The minimum atomic E-state index is -0.822. The first kappa shape index (κ1) is 9.84. The number of thioether (sulfide) groups is 1. The van der Waals surface area contributed by atoms with Crippen LogP contribution < -0.4 is 0 Å². The lowest BCUT2D eigenvalue weighted by Crippen LogP contribution is -2.24. The van der Waals surface area contributed by atoms with Crippen molar-refractivity contribution in [2.45, 2.75) is 25.4 Å². The van der Waals surface area contributed by atoms with Gasteiger partial charge in [0.15, 0.2) is 0 Å². The van der Waals surface area contributed by atoms with E-state index >= 15 is 0 Å². The van der Waals surface area contributed by atoms with Crippen LogP contribution in [0.1, 0.15) is 19.3 Å². The van der Waals surface area contributed by atoms with Crippen molar-refractivity contribution in [2.24, 2.45) is 5.92 Å². The standard InChI is InChI=1S/C8H13FO2S/c9-7-3-4-12-5-6(7)1-2-8(10)11/h6-7H,1-5H2,(H,10,11). The van der Waals surface area contributed by atoms with E-state index in [-0.39, 0.29) is 12.3 Å². The maximum Gasteiger partial charge on any atom is 0.303 e. The molecule has 0 amide bonds. The van der Waals surface area contributed by atoms with E-state index in [2.05, 4.69) is 0 Å². The Kier molecular flexibility index (Phi) is 3.85. The van der Waals surface area contributed by atoms with Gasteiger partial charge in [0.1, 0.15) is 6.17 Å². The monoisotopic (exact) mass is 192 g/mol. The van der Waals surface area contributed by atoms with E-state index in [0.717, 1.165) is 11.5 Å². The molecule has 1 saturated heterocycles. The predicted molar refractivity (Wildman–Crippen MR) is 47.2 cm³/mol. The van der Waals surface area contributed by atoms with Gasteiger partial charge in [-0.2, -0.15) is 11.8 Å². The van der Waals surface area contributed by atoms with E-state index in [1.807, 2.05) is 0 Å². The van der Waals surface area contributed by atoms with Crippen molar-refractivity contribution in [3.05, 3.63) is 0 Å². The zero-order valence-electron chi connectivity index (χ0n) is 6.83. The smallest absolute Gasteiger partial charge is 0.303 e. The highest BCUT2D eigenvalue weighted by Gasteiger charge is 2.25. The van der Waals surface area contributed by atoms with Crippen LogP contribution in [0.25, 0.3) is 0 Å². The van der Waals surface area contributed by atoms with Gasteiger partial charge in [0.05, 0.1) is 0 Å². The molecular formula is C8H13FO2S. The number of carbonyl (C=O) groups is 1. The van der Waals surface area contributed by atoms with E-state index in [0.29, 0.717) is 12.8 Å². The van der Waals surface area contributed by atoms with E-state index < -0.39 is 12.1 Å². The zero-order valence-corrected chi connectivity index (χ0v) is 7.65. The van der Waals surface area contributed by atoms with E-state index in [9.17, 15) is 9.18 Å². The second-order valence-electron chi connectivity index (χ2n) is 3.07. The summed E-state index contributed by atoms with van der Waals surface area (Å²) in [7, 11) is 0. The molecule has 2 atom stereocenters. The number of aliphatic carboxylic acids is 1. The lowest BCUT2D eigenvalue weighted by Gasteiger charge is -2.24. The van der Waals surface area contributed by atoms with E-state index in [1.165, 1.54) is 0 Å². The Morgan fingerprint density at radius 3 is 3.00 bits per heavy atom. The van der Waals surface area contributed by atoms with E-state index in [4.69, 9.17) is 5.11 Å². The normalized spacial score (nSPS) is 30.1. The summed E-state index contributed by atoms with van der Waals surface area (Å²) in [5.74, 6) is 0.816. The third kappa shape index (κ3) is 3.01. The van der Waals surface area contributed by atoms with Crippen LogP contribution in [0.5, 0.6) is 0 Å². The van der Waals surface area contributed by atoms with Crippen molar-refractivity contribution >= 4 is 17.7 Å². The highest BCUT2D eigenvalue weighted by atomic mass is 32.2. The molecule has 0 radical (unpaired) electrons. The number of hydrogen-bond donors (Lipinski definition) is 1. The van der Waals surface area contributed by atoms with Gasteiger partial charge in [-0.25, -0.2) is 4.39 Å². The first-order chi connectivity index (χ1) is 5.70. The molecule has 1 aliphatic rings. The molecule has 0 aliphatic carbocycles. The van der Waals surface area contributed by atoms with Crippen molar-refractivity contribution in [3.63, 3.8) is 0 Å². The maximum atomic E-state index is 13.1. The SMILES string of the molecule is O=C(O)CCC1CSCCC1F. The average molecular weight is 192 g/mol. The molecular weight excluding hydrogens is 179 g/mol. The molecule has 70 valence electrons. The molecule has 12 heavy (non-hydrogen) atoms. The number of halogens is 1. The molecule has 1 N–H and O–H groups in total. The third-order valence-electron chi connectivity index (χ3n) is 2.11. The van der Waals surface area contributed by atoms with Gasteiger partial charge in [0.2, 0.25) is 0 Å². The number of hydrogen-bond acceptors (Lipinski definition) is 2. The summed E-state index contributed by atoms with van der Waals surface area (Å²) in [5, 5.41) is 8.40. The molecule has 1 rings (SSSR count). The Hall–Kier alpha value is -0.250. The van der Waals surface area contributed by atoms with Gasteiger partial charge in [0, 0.05) is 6.42 Å². The van der Waals surface area contributed by atoms with Gasteiger partial charge in [-0.05, 0) is 30.3 Å². The van der Waals surface area contributed by atoms with Crippen LogP contribution in [0.4, 0.5) is 4.39 Å². The fourth-order valence-corrected chi connectivity index (χ4v) is 2.58. The van der Waals surface area contributed by atoms with Gasteiger partial charge in [-0.1, -0.05) is 0 Å². The fourth-order valence-electron chi connectivity index (χ4n) is 1.34. The van der Waals surface area contributed by atoms with Crippen LogP contribution in [0.15, 0.2) is 0 Å². The number of alkyl halides is 1. The first-order valence-electron chi connectivity index (χ1n) is 4.13. The molecule has 2 nitrogen and oxygen atoms in total. The van der Waals surface area contributed by atoms with E-state index in [1.54, 1.807) is 11.8 Å². The van der Waals surface area contributed by atoms with Crippen molar-refractivity contribution in [2.75, 3.05) is 11.5 Å². The Morgan fingerprint density at radius 2 is 2.42 bits per heavy atom. The van der Waals surface area contributed by atoms with Gasteiger partial charge in [-0.15, -0.1) is 0 Å². The lowest BCUT2D eigenvalue weighted by molar-refractivity contribution is -0.137. The number of rotatable bonds is 3. The number of carboxylic acid groups (broad SMARTS) is 1. The van der Waals surface area contributed by atoms with Gasteiger partial charge >= 0.3 is 5.97 Å². The van der Waals surface area contributed by atoms with Crippen LogP contribution in [0, 0.1) is 5.92 Å². The highest BCUT2D eigenvalue weighted by Crippen LogP contribution is 2.28. The molecule has 0 aromatic rings. The Balaban J connectivity index is 2.24. The van der Waals surface area contributed by atoms with Crippen molar-refractivity contribution in [1.29, 1.82) is 0 Å². The summed E-state index contributed by atoms with van der Waals surface area (Å²) >= 11 is 1.73. The summed E-state index contributed by atoms with van der Waals surface area (Å²) in [6.07, 6.45) is 0.412. The number of carboxylic acids is 1. The molecule has 0 spiro atoms. The lowest BCUT2D eigenvalue weighted by atomic mass is 9.98. The van der Waals surface area contributed by atoms with Gasteiger partial charge in [-0.3, -0.25) is 4.79 Å². The predicted octanol–water partition coefficient (Wildman–Crippen LogP) is 1.94. The topological polar surface area (TPSA) is 37.3 Å². The summed E-state index contributed by atoms with van der Waals surface area (Å²) in [6.45, 7) is 0. The second kappa shape index (κ2) is 4.70. The van der Waals surface area contributed by atoms with Crippen LogP contribution in [-0.4, -0.2) is 28.8 Å². The van der Waals surface area contributed by atoms with Crippen LogP contribution in [0.3, 0.4) is 0 Å². The minimum absolute atomic E-state index is 0.0279. The maximum absolute atomic E-state index is 13.1. The molecule has 1 heterocycles. The summed E-state index contributed by atoms with van der Waals surface area (Å²) in [4.78, 5) is 10.2. The molecule has 1 fully saturated rings. The average Bonchev–Trinajstić information content (AvgIpc) is 2.03. The van der Waals surface area contributed by atoms with Crippen molar-refractivity contribution in [3.8, 4) is 0 Å². The van der Waals surface area contributed by atoms with Crippen LogP contribution in [0.2, 0.25) is 0 Å². The molecule has 0 bridgehead atoms. The largest absolute Gasteiger partial charge is 0.481 e. The minimum Gasteiger partial charge on any atom is -0.481 e. The molecule has 1 aliphatic heterocycles. The molecule has 0 saturated carbocycles. The van der Waals surface area contributed by atoms with Crippen molar-refractivity contribution < 1.29 is 14.3 Å². The summed E-state index contributed by atoms with van der Waals surface area (Å²) in [6, 6.07) is 0. The molecule has 0 aromatic heterocycles. The Labute approximate surface area is 75.5 Å². The van der Waals surface area contributed by atoms with Gasteiger partial charge in [0.25, 0.3) is 0 Å². The molecule has 0 aromatic carbocycles. The van der Waals surface area contributed by atoms with Gasteiger partial charge < -0.3 is 5.11 Å². The highest BCUT2D eigenvalue weighted by molar-refractivity contribution is 7.99. The molecule has 4 heteroatoms. The van der Waals surface area contributed by atoms with Crippen molar-refractivity contribution in [1.82, 2.24) is 0 Å². The summed E-state index contributed by atoms with van der Waals surface area (Å²) < 4.78 is 13.1. The Morgan fingerprint density at radius 1 is 1.67 bits per heavy atom. The fraction of sp³-hybridized carbons (Fsp3) is 0.875. The van der Waals surface area contributed by atoms with Crippen LogP contribution in [-0.2, 0) is 4.79 Å².